The molecule has 1 fully saturated rings. The highest BCUT2D eigenvalue weighted by molar-refractivity contribution is 7.89. The second-order valence-electron chi connectivity index (χ2n) is 7.21. The van der Waals surface area contributed by atoms with Gasteiger partial charge in [-0.2, -0.15) is 4.72 Å². The largest absolute Gasteiger partial charge is 0.339 e. The molecule has 0 aliphatic carbocycles. The standard InChI is InChI=1S/C20H27N5O3S/c1-15-17(16-5-4-8-22-14-16)6-3-7-19(15)29(27,28)23-18(13-21)20(26)25-11-9-24(2)10-12-25/h3-8,14,18,23H,9-13,21H2,1-2H3/t18-/m0/s1. The second-order valence-corrected chi connectivity index (χ2v) is 8.89. The van der Waals surface area contributed by atoms with Crippen molar-refractivity contribution in [2.45, 2.75) is 17.9 Å². The zero-order valence-corrected chi connectivity index (χ0v) is 17.5. The van der Waals surface area contributed by atoms with E-state index in [1.165, 1.54) is 6.07 Å². The lowest BCUT2D eigenvalue weighted by Crippen LogP contribution is -2.56. The summed E-state index contributed by atoms with van der Waals surface area (Å²) in [7, 11) is -1.95. The Morgan fingerprint density at radius 1 is 1.21 bits per heavy atom. The van der Waals surface area contributed by atoms with Crippen LogP contribution >= 0.6 is 0 Å². The molecule has 2 heterocycles. The van der Waals surface area contributed by atoms with Gasteiger partial charge in [0, 0.05) is 50.7 Å². The van der Waals surface area contributed by atoms with Gasteiger partial charge in [-0.25, -0.2) is 8.42 Å². The molecular formula is C20H27N5O3S. The highest BCUT2D eigenvalue weighted by Crippen LogP contribution is 2.27. The Balaban J connectivity index is 1.84. The summed E-state index contributed by atoms with van der Waals surface area (Å²) in [5.74, 6) is -0.287. The van der Waals surface area contributed by atoms with E-state index in [0.717, 1.165) is 24.2 Å². The molecule has 0 unspecified atom stereocenters. The molecule has 156 valence electrons. The van der Waals surface area contributed by atoms with Gasteiger partial charge in [0.25, 0.3) is 0 Å². The van der Waals surface area contributed by atoms with Crippen LogP contribution < -0.4 is 10.5 Å². The molecule has 1 aliphatic heterocycles. The fourth-order valence-corrected chi connectivity index (χ4v) is 4.91. The van der Waals surface area contributed by atoms with Gasteiger partial charge in [0.05, 0.1) is 4.90 Å². The first-order valence-corrected chi connectivity index (χ1v) is 11.0. The second kappa shape index (κ2) is 9.00. The summed E-state index contributed by atoms with van der Waals surface area (Å²) < 4.78 is 28.7. The molecule has 9 heteroatoms. The first-order chi connectivity index (χ1) is 13.8. The predicted octanol–water partition coefficient (Wildman–Crippen LogP) is 0.437. The van der Waals surface area contributed by atoms with E-state index in [0.29, 0.717) is 18.7 Å². The Labute approximate surface area is 171 Å². The average Bonchev–Trinajstić information content (AvgIpc) is 2.73. The Morgan fingerprint density at radius 3 is 2.55 bits per heavy atom. The normalized spacial score (nSPS) is 16.6. The maximum absolute atomic E-state index is 13.1. The molecule has 1 atom stereocenters. The molecule has 29 heavy (non-hydrogen) atoms. The van der Waals surface area contributed by atoms with Gasteiger partial charge in [-0.1, -0.05) is 18.2 Å². The molecule has 1 amide bonds. The van der Waals surface area contributed by atoms with Crippen LogP contribution in [0, 0.1) is 6.92 Å². The number of nitrogens with zero attached hydrogens (tertiary/aromatic N) is 3. The fourth-order valence-electron chi connectivity index (χ4n) is 3.44. The predicted molar refractivity (Wildman–Crippen MR) is 112 cm³/mol. The van der Waals surface area contributed by atoms with Gasteiger partial charge in [0.2, 0.25) is 15.9 Å². The number of aromatic nitrogens is 1. The van der Waals surface area contributed by atoms with Crippen molar-refractivity contribution in [1.29, 1.82) is 0 Å². The summed E-state index contributed by atoms with van der Waals surface area (Å²) in [5, 5.41) is 0. The topological polar surface area (TPSA) is 109 Å². The van der Waals surface area contributed by atoms with Crippen LogP contribution in [0.3, 0.4) is 0 Å². The van der Waals surface area contributed by atoms with Crippen LogP contribution in [0.4, 0.5) is 0 Å². The number of carbonyl (C=O) groups excluding carboxylic acids is 1. The van der Waals surface area contributed by atoms with E-state index in [1.807, 2.05) is 19.2 Å². The van der Waals surface area contributed by atoms with E-state index >= 15 is 0 Å². The maximum atomic E-state index is 13.1. The third kappa shape index (κ3) is 4.81. The lowest BCUT2D eigenvalue weighted by molar-refractivity contribution is -0.134. The van der Waals surface area contributed by atoms with Gasteiger partial charge in [-0.05, 0) is 37.2 Å². The van der Waals surface area contributed by atoms with Crippen molar-refractivity contribution in [2.24, 2.45) is 5.73 Å². The van der Waals surface area contributed by atoms with E-state index in [2.05, 4.69) is 14.6 Å². The number of nitrogens with two attached hydrogens (primary N) is 1. The zero-order chi connectivity index (χ0) is 21.0. The Kier molecular flexibility index (Phi) is 6.63. The summed E-state index contributed by atoms with van der Waals surface area (Å²) in [6.07, 6.45) is 3.35. The minimum atomic E-state index is -3.94. The molecule has 1 aliphatic rings. The van der Waals surface area contributed by atoms with E-state index in [1.54, 1.807) is 36.4 Å². The Bertz CT molecular complexity index is 957. The maximum Gasteiger partial charge on any atom is 0.242 e. The van der Waals surface area contributed by atoms with Crippen LogP contribution in [0.15, 0.2) is 47.6 Å². The van der Waals surface area contributed by atoms with Crippen LogP contribution in [0.1, 0.15) is 5.56 Å². The highest BCUT2D eigenvalue weighted by Gasteiger charge is 2.30. The van der Waals surface area contributed by atoms with E-state index in [4.69, 9.17) is 5.73 Å². The molecule has 0 bridgehead atoms. The summed E-state index contributed by atoms with van der Waals surface area (Å²) in [6.45, 7) is 4.26. The lowest BCUT2D eigenvalue weighted by atomic mass is 10.0. The van der Waals surface area contributed by atoms with Crippen molar-refractivity contribution in [1.82, 2.24) is 19.5 Å². The molecule has 0 spiro atoms. The first-order valence-electron chi connectivity index (χ1n) is 9.53. The van der Waals surface area contributed by atoms with E-state index in [9.17, 15) is 13.2 Å². The lowest BCUT2D eigenvalue weighted by Gasteiger charge is -2.34. The molecule has 0 radical (unpaired) electrons. The number of likely N-dealkylation sites (N-methyl/N-ethyl adjacent to an activating group) is 1. The summed E-state index contributed by atoms with van der Waals surface area (Å²) in [5.41, 5.74) is 7.95. The van der Waals surface area contributed by atoms with Gasteiger partial charge in [0.1, 0.15) is 6.04 Å². The summed E-state index contributed by atoms with van der Waals surface area (Å²) in [4.78, 5) is 20.8. The summed E-state index contributed by atoms with van der Waals surface area (Å²) >= 11 is 0. The number of benzene rings is 1. The fraction of sp³-hybridized carbons (Fsp3) is 0.400. The third-order valence-corrected chi connectivity index (χ3v) is 6.81. The van der Waals surface area contributed by atoms with Crippen molar-refractivity contribution in [2.75, 3.05) is 39.8 Å². The smallest absolute Gasteiger partial charge is 0.242 e. The molecule has 3 rings (SSSR count). The number of nitrogens with one attached hydrogen (secondary N) is 1. The molecule has 1 aromatic heterocycles. The Hall–Kier alpha value is -2.33. The number of hydrogen-bond donors (Lipinski definition) is 2. The van der Waals surface area contributed by atoms with Gasteiger partial charge < -0.3 is 15.5 Å². The minimum absolute atomic E-state index is 0.105. The Morgan fingerprint density at radius 2 is 1.93 bits per heavy atom. The third-order valence-electron chi connectivity index (χ3n) is 5.19. The minimum Gasteiger partial charge on any atom is -0.339 e. The molecule has 1 aromatic carbocycles. The van der Waals surface area contributed by atoms with Gasteiger partial charge >= 0.3 is 0 Å². The van der Waals surface area contributed by atoms with E-state index in [-0.39, 0.29) is 17.3 Å². The molecular weight excluding hydrogens is 390 g/mol. The number of rotatable bonds is 6. The molecule has 2 aromatic rings. The van der Waals surface area contributed by atoms with Crippen LogP contribution in [-0.4, -0.2) is 74.9 Å². The van der Waals surface area contributed by atoms with E-state index < -0.39 is 16.1 Å². The van der Waals surface area contributed by atoms with Crippen LogP contribution in [0.5, 0.6) is 0 Å². The first kappa shape index (κ1) is 21.4. The monoisotopic (exact) mass is 417 g/mol. The van der Waals surface area contributed by atoms with Crippen molar-refractivity contribution < 1.29 is 13.2 Å². The quantitative estimate of drug-likeness (QED) is 0.706. The van der Waals surface area contributed by atoms with Crippen molar-refractivity contribution in [3.05, 3.63) is 48.3 Å². The van der Waals surface area contributed by atoms with Crippen LogP contribution in [-0.2, 0) is 14.8 Å². The van der Waals surface area contributed by atoms with Crippen LogP contribution in [0.2, 0.25) is 0 Å². The number of amides is 1. The number of carbonyl (C=O) groups is 1. The summed E-state index contributed by atoms with van der Waals surface area (Å²) in [6, 6.07) is 7.74. The molecule has 0 saturated carbocycles. The number of sulfonamides is 1. The van der Waals surface area contributed by atoms with Gasteiger partial charge in [-0.15, -0.1) is 0 Å². The van der Waals surface area contributed by atoms with Crippen molar-refractivity contribution in [3.63, 3.8) is 0 Å². The zero-order valence-electron chi connectivity index (χ0n) is 16.7. The number of pyridine rings is 1. The molecule has 1 saturated heterocycles. The molecule has 8 nitrogen and oxygen atoms in total. The molecule has 3 N–H and O–H groups in total. The SMILES string of the molecule is Cc1c(-c2cccnc2)cccc1S(=O)(=O)N[C@@H](CN)C(=O)N1CCN(C)CC1. The highest BCUT2D eigenvalue weighted by atomic mass is 32.2. The van der Waals surface area contributed by atoms with Crippen molar-refractivity contribution in [3.8, 4) is 11.1 Å². The van der Waals surface area contributed by atoms with Gasteiger partial charge in [0.15, 0.2) is 0 Å². The van der Waals surface area contributed by atoms with Crippen molar-refractivity contribution >= 4 is 15.9 Å². The average molecular weight is 418 g/mol. The number of piperazine rings is 1. The number of hydrogen-bond acceptors (Lipinski definition) is 6. The van der Waals surface area contributed by atoms with Crippen LogP contribution in [0.25, 0.3) is 11.1 Å². The van der Waals surface area contributed by atoms with Gasteiger partial charge in [-0.3, -0.25) is 9.78 Å².